The van der Waals surface area contributed by atoms with Crippen LogP contribution in [0.1, 0.15) is 11.3 Å². The van der Waals surface area contributed by atoms with Gasteiger partial charge in [-0.2, -0.15) is 0 Å². The lowest BCUT2D eigenvalue weighted by atomic mass is 10.2. The quantitative estimate of drug-likeness (QED) is 0.460. The topological polar surface area (TPSA) is 110 Å². The molecule has 0 aliphatic carbocycles. The zero-order valence-electron chi connectivity index (χ0n) is 15.8. The Labute approximate surface area is 172 Å². The molecule has 9 heteroatoms. The van der Waals surface area contributed by atoms with Gasteiger partial charge in [0.15, 0.2) is 5.82 Å². The van der Waals surface area contributed by atoms with E-state index < -0.39 is 4.92 Å². The van der Waals surface area contributed by atoms with Crippen molar-refractivity contribution in [3.63, 3.8) is 0 Å². The molecule has 0 saturated heterocycles. The summed E-state index contributed by atoms with van der Waals surface area (Å²) in [4.78, 5) is 31.4. The first-order chi connectivity index (χ1) is 13.8. The molecule has 0 saturated carbocycles. The Bertz CT molecular complexity index is 1090. The molecule has 1 amide bonds. The second-order valence-electron chi connectivity index (χ2n) is 6.41. The normalized spacial score (nSPS) is 10.4. The number of non-ortho nitro benzene ring substituents is 1. The van der Waals surface area contributed by atoms with Crippen molar-refractivity contribution in [2.45, 2.75) is 13.8 Å². The molecule has 148 valence electrons. The maximum absolute atomic E-state index is 12.2. The van der Waals surface area contributed by atoms with Crippen molar-refractivity contribution in [1.29, 1.82) is 0 Å². The van der Waals surface area contributed by atoms with Crippen molar-refractivity contribution in [3.05, 3.63) is 74.9 Å². The number of aromatic nitrogens is 2. The van der Waals surface area contributed by atoms with Crippen molar-refractivity contribution in [2.24, 2.45) is 0 Å². The van der Waals surface area contributed by atoms with E-state index in [1.54, 1.807) is 37.3 Å². The lowest BCUT2D eigenvalue weighted by Crippen LogP contribution is -2.22. The molecule has 8 nitrogen and oxygen atoms in total. The minimum atomic E-state index is -0.473. The first kappa shape index (κ1) is 20.2. The molecule has 0 aliphatic heterocycles. The molecule has 1 heterocycles. The molecular weight excluding hydrogens is 394 g/mol. The Balaban J connectivity index is 1.72. The molecule has 3 aromatic rings. The maximum Gasteiger partial charge on any atom is 0.270 e. The third-order valence-corrected chi connectivity index (χ3v) is 4.31. The summed E-state index contributed by atoms with van der Waals surface area (Å²) < 4.78 is 0. The average molecular weight is 412 g/mol. The van der Waals surface area contributed by atoms with Crippen LogP contribution in [0.15, 0.2) is 48.5 Å². The Morgan fingerprint density at radius 3 is 2.66 bits per heavy atom. The smallest absolute Gasteiger partial charge is 0.270 e. The van der Waals surface area contributed by atoms with Crippen LogP contribution in [-0.4, -0.2) is 27.3 Å². The second-order valence-corrected chi connectivity index (χ2v) is 6.82. The number of amides is 1. The van der Waals surface area contributed by atoms with E-state index in [2.05, 4.69) is 20.6 Å². The number of carbonyl (C=O) groups is 1. The van der Waals surface area contributed by atoms with Crippen molar-refractivity contribution in [2.75, 3.05) is 17.2 Å². The van der Waals surface area contributed by atoms with E-state index in [9.17, 15) is 14.9 Å². The van der Waals surface area contributed by atoms with Gasteiger partial charge in [0, 0.05) is 29.5 Å². The fraction of sp³-hybridized carbons (Fsp3) is 0.150. The minimum Gasteiger partial charge on any atom is -0.361 e. The molecule has 0 unspecified atom stereocenters. The van der Waals surface area contributed by atoms with Crippen molar-refractivity contribution < 1.29 is 9.72 Å². The molecule has 29 heavy (non-hydrogen) atoms. The summed E-state index contributed by atoms with van der Waals surface area (Å²) in [7, 11) is 0. The number of nitrogens with zero attached hydrogens (tertiary/aromatic N) is 3. The number of nitro groups is 1. The van der Waals surface area contributed by atoms with Crippen LogP contribution < -0.4 is 10.6 Å². The maximum atomic E-state index is 12.2. The number of benzene rings is 2. The van der Waals surface area contributed by atoms with Crippen molar-refractivity contribution in [1.82, 2.24) is 9.97 Å². The van der Waals surface area contributed by atoms with Gasteiger partial charge in [0.25, 0.3) is 5.69 Å². The number of nitrogens with one attached hydrogen (secondary N) is 2. The molecular formula is C20H18ClN5O3. The Kier molecular flexibility index (Phi) is 6.04. The predicted octanol–water partition coefficient (Wildman–Crippen LogP) is 4.37. The van der Waals surface area contributed by atoms with Crippen LogP contribution in [0.3, 0.4) is 0 Å². The molecule has 0 fully saturated rings. The molecule has 2 N–H and O–H groups in total. The van der Waals surface area contributed by atoms with Gasteiger partial charge in [0.05, 0.1) is 22.2 Å². The summed E-state index contributed by atoms with van der Waals surface area (Å²) in [6.45, 7) is 3.66. The Morgan fingerprint density at radius 2 is 1.93 bits per heavy atom. The van der Waals surface area contributed by atoms with Gasteiger partial charge in [-0.3, -0.25) is 14.9 Å². The monoisotopic (exact) mass is 411 g/mol. The first-order valence-electron chi connectivity index (χ1n) is 8.72. The van der Waals surface area contributed by atoms with E-state index in [1.807, 2.05) is 13.0 Å². The van der Waals surface area contributed by atoms with E-state index in [0.717, 1.165) is 5.56 Å². The van der Waals surface area contributed by atoms with Crippen molar-refractivity contribution in [3.8, 4) is 11.4 Å². The molecule has 0 spiro atoms. The average Bonchev–Trinajstić information content (AvgIpc) is 2.68. The molecule has 2 aromatic carbocycles. The van der Waals surface area contributed by atoms with Gasteiger partial charge in [0.2, 0.25) is 5.91 Å². The van der Waals surface area contributed by atoms with Gasteiger partial charge >= 0.3 is 0 Å². The largest absolute Gasteiger partial charge is 0.361 e. The Morgan fingerprint density at radius 1 is 1.14 bits per heavy atom. The number of nitro benzene ring substituents is 1. The van der Waals surface area contributed by atoms with Crippen LogP contribution in [0.4, 0.5) is 17.2 Å². The highest BCUT2D eigenvalue weighted by atomic mass is 35.5. The van der Waals surface area contributed by atoms with E-state index in [-0.39, 0.29) is 18.1 Å². The molecule has 3 rings (SSSR count). The number of aryl methyl sites for hydroxylation is 2. The number of hydrogen-bond donors (Lipinski definition) is 2. The fourth-order valence-electron chi connectivity index (χ4n) is 2.63. The van der Waals surface area contributed by atoms with Crippen LogP contribution >= 0.6 is 11.6 Å². The van der Waals surface area contributed by atoms with Gasteiger partial charge in [-0.25, -0.2) is 9.97 Å². The van der Waals surface area contributed by atoms with Crippen LogP contribution in [0.5, 0.6) is 0 Å². The predicted molar refractivity (Wildman–Crippen MR) is 112 cm³/mol. The lowest BCUT2D eigenvalue weighted by Gasteiger charge is -2.10. The third-order valence-electron chi connectivity index (χ3n) is 4.00. The summed E-state index contributed by atoms with van der Waals surface area (Å²) in [5.41, 5.74) is 2.65. The van der Waals surface area contributed by atoms with E-state index >= 15 is 0 Å². The molecule has 0 atom stereocenters. The van der Waals surface area contributed by atoms with Gasteiger partial charge in [-0.15, -0.1) is 0 Å². The van der Waals surface area contributed by atoms with Gasteiger partial charge < -0.3 is 10.6 Å². The SMILES string of the molecule is Cc1ccc(NC(=O)CNc2cc(C)nc(-c3cccc([N+](=O)[O-])c3)n2)c(Cl)c1. The highest BCUT2D eigenvalue weighted by molar-refractivity contribution is 6.33. The van der Waals surface area contributed by atoms with Crippen LogP contribution in [0, 0.1) is 24.0 Å². The number of anilines is 2. The third kappa shape index (κ3) is 5.26. The fourth-order valence-corrected chi connectivity index (χ4v) is 2.92. The van der Waals surface area contributed by atoms with Crippen LogP contribution in [-0.2, 0) is 4.79 Å². The zero-order valence-corrected chi connectivity index (χ0v) is 16.5. The number of carbonyl (C=O) groups excluding carboxylic acids is 1. The van der Waals surface area contributed by atoms with E-state index in [0.29, 0.717) is 33.6 Å². The zero-order chi connectivity index (χ0) is 21.0. The van der Waals surface area contributed by atoms with Crippen LogP contribution in [0.25, 0.3) is 11.4 Å². The highest BCUT2D eigenvalue weighted by Gasteiger charge is 2.12. The molecule has 0 radical (unpaired) electrons. The standard InChI is InChI=1S/C20H18ClN5O3/c1-12-6-7-17(16(21)8-12)24-19(27)11-22-18-9-13(2)23-20(25-18)14-4-3-5-15(10-14)26(28)29/h3-10H,11H2,1-2H3,(H,24,27)(H,22,23,25). The summed E-state index contributed by atoms with van der Waals surface area (Å²) in [6, 6.07) is 13.1. The first-order valence-corrected chi connectivity index (χ1v) is 9.10. The molecule has 0 bridgehead atoms. The highest BCUT2D eigenvalue weighted by Crippen LogP contribution is 2.24. The van der Waals surface area contributed by atoms with E-state index in [1.165, 1.54) is 12.1 Å². The number of halogens is 1. The minimum absolute atomic E-state index is 0.0327. The van der Waals surface area contributed by atoms with Crippen LogP contribution in [0.2, 0.25) is 5.02 Å². The summed E-state index contributed by atoms with van der Waals surface area (Å²) in [5, 5.41) is 17.1. The molecule has 0 aliphatic rings. The Hall–Kier alpha value is -3.52. The van der Waals surface area contributed by atoms with Gasteiger partial charge in [-0.1, -0.05) is 29.8 Å². The summed E-state index contributed by atoms with van der Waals surface area (Å²) >= 11 is 6.13. The van der Waals surface area contributed by atoms with Gasteiger partial charge in [-0.05, 0) is 31.5 Å². The second kappa shape index (κ2) is 8.66. The van der Waals surface area contributed by atoms with Crippen molar-refractivity contribution >= 4 is 34.7 Å². The number of hydrogen-bond acceptors (Lipinski definition) is 6. The molecule has 1 aromatic heterocycles. The van der Waals surface area contributed by atoms with E-state index in [4.69, 9.17) is 11.6 Å². The van der Waals surface area contributed by atoms with Gasteiger partial charge in [0.1, 0.15) is 5.82 Å². The summed E-state index contributed by atoms with van der Waals surface area (Å²) in [6.07, 6.45) is 0. The summed E-state index contributed by atoms with van der Waals surface area (Å²) in [5.74, 6) is 0.478. The number of rotatable bonds is 6. The lowest BCUT2D eigenvalue weighted by molar-refractivity contribution is -0.384.